The van der Waals surface area contributed by atoms with Crippen molar-refractivity contribution in [3.8, 4) is 17.2 Å². The lowest BCUT2D eigenvalue weighted by molar-refractivity contribution is -0.143. The number of hydrogen-bond acceptors (Lipinski definition) is 5. The highest BCUT2D eigenvalue weighted by atomic mass is 16.5. The van der Waals surface area contributed by atoms with Crippen molar-refractivity contribution in [3.05, 3.63) is 53.6 Å². The highest BCUT2D eigenvalue weighted by Gasteiger charge is 2.28. The molecule has 2 aromatic rings. The second-order valence-corrected chi connectivity index (χ2v) is 7.91. The van der Waals surface area contributed by atoms with Gasteiger partial charge in [-0.1, -0.05) is 50.1 Å². The Bertz CT molecular complexity index is 876. The monoisotopic (exact) mass is 456 g/mol. The smallest absolute Gasteiger partial charge is 0.261 e. The molecule has 0 heterocycles. The molecular weight excluding hydrogens is 420 g/mol. The zero-order chi connectivity index (χ0) is 24.2. The molecule has 1 N–H and O–H groups in total. The number of aryl methyl sites for hydroxylation is 1. The quantitative estimate of drug-likeness (QED) is 0.459. The molecule has 180 valence electrons. The third kappa shape index (κ3) is 8.00. The summed E-state index contributed by atoms with van der Waals surface area (Å²) in [5, 5.41) is 2.96. The number of unbranched alkanes of at least 4 members (excludes halogenated alkanes) is 1. The summed E-state index contributed by atoms with van der Waals surface area (Å²) in [6.45, 7) is 6.71. The molecular formula is C26H36N2O5. The Morgan fingerprint density at radius 1 is 0.970 bits per heavy atom. The molecule has 0 bridgehead atoms. The van der Waals surface area contributed by atoms with Gasteiger partial charge in [-0.25, -0.2) is 0 Å². The zero-order valence-corrected chi connectivity index (χ0v) is 20.3. The van der Waals surface area contributed by atoms with Gasteiger partial charge in [0.2, 0.25) is 5.91 Å². The first kappa shape index (κ1) is 26.0. The molecule has 0 aliphatic rings. The van der Waals surface area contributed by atoms with Gasteiger partial charge >= 0.3 is 0 Å². The number of amides is 2. The fourth-order valence-corrected chi connectivity index (χ4v) is 3.41. The number of ether oxygens (including phenoxy) is 3. The summed E-state index contributed by atoms with van der Waals surface area (Å²) in [5.74, 6) is 1.17. The molecule has 33 heavy (non-hydrogen) atoms. The molecule has 2 aromatic carbocycles. The Morgan fingerprint density at radius 3 is 2.12 bits per heavy atom. The predicted octanol–water partition coefficient (Wildman–Crippen LogP) is 4.11. The summed E-state index contributed by atoms with van der Waals surface area (Å²) in [4.78, 5) is 27.8. The Labute approximate surface area is 197 Å². The second kappa shape index (κ2) is 13.4. The molecule has 0 spiro atoms. The van der Waals surface area contributed by atoms with Crippen LogP contribution in [0.5, 0.6) is 17.2 Å². The third-order valence-corrected chi connectivity index (χ3v) is 5.38. The van der Waals surface area contributed by atoms with Crippen LogP contribution in [0.4, 0.5) is 0 Å². The first-order valence-corrected chi connectivity index (χ1v) is 11.4. The number of carbonyl (C=O) groups excluding carboxylic acids is 2. The van der Waals surface area contributed by atoms with E-state index in [-0.39, 0.29) is 18.4 Å². The predicted molar refractivity (Wildman–Crippen MR) is 129 cm³/mol. The van der Waals surface area contributed by atoms with Gasteiger partial charge in [-0.05, 0) is 25.3 Å². The molecule has 0 saturated heterocycles. The number of nitrogens with zero attached hydrogens (tertiary/aromatic N) is 1. The van der Waals surface area contributed by atoms with E-state index in [0.717, 1.165) is 24.0 Å². The van der Waals surface area contributed by atoms with Gasteiger partial charge in [0, 0.05) is 31.3 Å². The Balaban J connectivity index is 2.21. The van der Waals surface area contributed by atoms with Crippen LogP contribution < -0.4 is 19.5 Å². The van der Waals surface area contributed by atoms with Gasteiger partial charge < -0.3 is 24.4 Å². The minimum Gasteiger partial charge on any atom is -0.496 e. The molecule has 1 unspecified atom stereocenters. The summed E-state index contributed by atoms with van der Waals surface area (Å²) in [6, 6.07) is 12.5. The molecule has 2 amide bonds. The van der Waals surface area contributed by atoms with Crippen molar-refractivity contribution in [1.29, 1.82) is 0 Å². The normalized spacial score (nSPS) is 11.4. The Morgan fingerprint density at radius 2 is 1.58 bits per heavy atom. The summed E-state index contributed by atoms with van der Waals surface area (Å²) in [6.07, 6.45) is 2.39. The molecule has 0 fully saturated rings. The molecule has 0 radical (unpaired) electrons. The number of carbonyl (C=O) groups is 2. The second-order valence-electron chi connectivity index (χ2n) is 7.91. The number of benzene rings is 2. The van der Waals surface area contributed by atoms with Crippen LogP contribution in [0.3, 0.4) is 0 Å². The van der Waals surface area contributed by atoms with Gasteiger partial charge in [0.25, 0.3) is 5.91 Å². The van der Waals surface area contributed by atoms with Crippen LogP contribution in [0.2, 0.25) is 0 Å². The van der Waals surface area contributed by atoms with Crippen LogP contribution in [0.1, 0.15) is 44.2 Å². The largest absolute Gasteiger partial charge is 0.496 e. The van der Waals surface area contributed by atoms with Gasteiger partial charge in [-0.3, -0.25) is 9.59 Å². The highest BCUT2D eigenvalue weighted by Crippen LogP contribution is 2.27. The average Bonchev–Trinajstić information content (AvgIpc) is 2.83. The minimum absolute atomic E-state index is 0.144. The maximum Gasteiger partial charge on any atom is 0.261 e. The molecule has 0 saturated carbocycles. The van der Waals surface area contributed by atoms with Crippen molar-refractivity contribution in [1.82, 2.24) is 10.2 Å². The summed E-state index contributed by atoms with van der Waals surface area (Å²) < 4.78 is 16.3. The maximum atomic E-state index is 13.3. The number of hydrogen-bond donors (Lipinski definition) is 1. The number of rotatable bonds is 13. The van der Waals surface area contributed by atoms with Crippen molar-refractivity contribution >= 4 is 11.8 Å². The molecule has 2 rings (SSSR count). The van der Waals surface area contributed by atoms with E-state index in [4.69, 9.17) is 14.2 Å². The SMILES string of the molecule is CCCCNC(=O)C(CC)N(Cc1ccc(C)cc1)C(=O)COc1cc(OC)cc(OC)c1. The molecule has 1 atom stereocenters. The fourth-order valence-electron chi connectivity index (χ4n) is 3.41. The van der Waals surface area contributed by atoms with E-state index in [0.29, 0.717) is 36.8 Å². The van der Waals surface area contributed by atoms with Gasteiger partial charge in [0.15, 0.2) is 6.61 Å². The Kier molecular flexibility index (Phi) is 10.5. The molecule has 0 aliphatic carbocycles. The molecule has 7 heteroatoms. The third-order valence-electron chi connectivity index (χ3n) is 5.38. The summed E-state index contributed by atoms with van der Waals surface area (Å²) in [5.41, 5.74) is 2.09. The first-order valence-electron chi connectivity index (χ1n) is 11.4. The van der Waals surface area contributed by atoms with E-state index < -0.39 is 6.04 Å². The standard InChI is InChI=1S/C26H36N2O5/c1-6-8-13-27-26(30)24(7-2)28(17-20-11-9-19(3)10-12-20)25(29)18-33-23-15-21(31-4)14-22(16-23)32-5/h9-12,14-16,24H,6-8,13,17-18H2,1-5H3,(H,27,30). The minimum atomic E-state index is -0.584. The molecule has 0 aliphatic heterocycles. The summed E-state index contributed by atoms with van der Waals surface area (Å²) >= 11 is 0. The van der Waals surface area contributed by atoms with E-state index in [9.17, 15) is 9.59 Å². The first-order chi connectivity index (χ1) is 15.9. The van der Waals surface area contributed by atoms with Crippen molar-refractivity contribution < 1.29 is 23.8 Å². The van der Waals surface area contributed by atoms with Gasteiger partial charge in [-0.15, -0.1) is 0 Å². The van der Waals surface area contributed by atoms with Crippen LogP contribution in [0.25, 0.3) is 0 Å². The van der Waals surface area contributed by atoms with Crippen molar-refractivity contribution in [2.45, 2.75) is 52.6 Å². The van der Waals surface area contributed by atoms with Crippen LogP contribution >= 0.6 is 0 Å². The lowest BCUT2D eigenvalue weighted by Gasteiger charge is -2.30. The van der Waals surface area contributed by atoms with Crippen molar-refractivity contribution in [3.63, 3.8) is 0 Å². The van der Waals surface area contributed by atoms with Crippen molar-refractivity contribution in [2.75, 3.05) is 27.4 Å². The molecule has 7 nitrogen and oxygen atoms in total. The fraction of sp³-hybridized carbons (Fsp3) is 0.462. The molecule has 0 aromatic heterocycles. The van der Waals surface area contributed by atoms with Crippen LogP contribution in [-0.2, 0) is 16.1 Å². The van der Waals surface area contributed by atoms with Crippen molar-refractivity contribution in [2.24, 2.45) is 0 Å². The van der Waals surface area contributed by atoms with Gasteiger partial charge in [0.1, 0.15) is 23.3 Å². The average molecular weight is 457 g/mol. The van der Waals surface area contributed by atoms with E-state index in [1.165, 1.54) is 0 Å². The Hall–Kier alpha value is -3.22. The lowest BCUT2D eigenvalue weighted by atomic mass is 10.1. The van der Waals surface area contributed by atoms with E-state index >= 15 is 0 Å². The van der Waals surface area contributed by atoms with Gasteiger partial charge in [-0.2, -0.15) is 0 Å². The number of methoxy groups -OCH3 is 2. The zero-order valence-electron chi connectivity index (χ0n) is 20.3. The van der Waals surface area contributed by atoms with Crippen LogP contribution in [0, 0.1) is 6.92 Å². The van der Waals surface area contributed by atoms with Crippen LogP contribution in [-0.4, -0.2) is 50.1 Å². The number of nitrogens with one attached hydrogen (secondary N) is 1. The van der Waals surface area contributed by atoms with E-state index in [2.05, 4.69) is 12.2 Å². The lowest BCUT2D eigenvalue weighted by Crippen LogP contribution is -2.50. The van der Waals surface area contributed by atoms with Gasteiger partial charge in [0.05, 0.1) is 14.2 Å². The topological polar surface area (TPSA) is 77.1 Å². The van der Waals surface area contributed by atoms with Crippen LogP contribution in [0.15, 0.2) is 42.5 Å². The van der Waals surface area contributed by atoms with E-state index in [1.807, 2.05) is 38.1 Å². The maximum absolute atomic E-state index is 13.3. The highest BCUT2D eigenvalue weighted by molar-refractivity contribution is 5.88. The summed E-state index contributed by atoms with van der Waals surface area (Å²) in [7, 11) is 3.10. The van der Waals surface area contributed by atoms with E-state index in [1.54, 1.807) is 37.3 Å².